The van der Waals surface area contributed by atoms with E-state index in [1.165, 1.54) is 44.9 Å². The van der Waals surface area contributed by atoms with Gasteiger partial charge in [-0.05, 0) is 13.0 Å². The molecule has 3 heteroatoms. The molecule has 0 saturated carbocycles. The van der Waals surface area contributed by atoms with E-state index in [4.69, 9.17) is 10.8 Å². The number of carbonyl (C=O) groups is 1. The van der Waals surface area contributed by atoms with Gasteiger partial charge >= 0.3 is 5.97 Å². The Morgan fingerprint density at radius 3 is 1.59 bits per heavy atom. The summed E-state index contributed by atoms with van der Waals surface area (Å²) >= 11 is 0. The molecule has 0 heterocycles. The lowest BCUT2D eigenvalue weighted by Gasteiger charge is -2.00. The highest BCUT2D eigenvalue weighted by atomic mass is 16.4. The van der Waals surface area contributed by atoms with Crippen LogP contribution in [0.15, 0.2) is 0 Å². The Morgan fingerprint density at radius 2 is 1.24 bits per heavy atom. The first-order valence-electron chi connectivity index (χ1n) is 7.10. The van der Waals surface area contributed by atoms with Gasteiger partial charge in [-0.2, -0.15) is 0 Å². The van der Waals surface area contributed by atoms with Gasteiger partial charge in [0.1, 0.15) is 0 Å². The lowest BCUT2D eigenvalue weighted by Crippen LogP contribution is -1.93. The predicted molar refractivity (Wildman–Crippen MR) is 74.2 cm³/mol. The van der Waals surface area contributed by atoms with Crippen LogP contribution in [0.4, 0.5) is 0 Å². The number of carboxylic acids is 1. The smallest absolute Gasteiger partial charge is 0.303 e. The van der Waals surface area contributed by atoms with Gasteiger partial charge in [0.25, 0.3) is 0 Å². The van der Waals surface area contributed by atoms with Crippen LogP contribution in [0.25, 0.3) is 0 Å². The quantitative estimate of drug-likeness (QED) is 0.573. The van der Waals surface area contributed by atoms with Crippen LogP contribution in [-0.2, 0) is 4.79 Å². The Labute approximate surface area is 107 Å². The molecule has 3 N–H and O–H groups in total. The molecule has 0 radical (unpaired) electrons. The topological polar surface area (TPSA) is 63.3 Å². The normalized spacial score (nSPS) is 9.59. The van der Waals surface area contributed by atoms with Gasteiger partial charge in [0.15, 0.2) is 0 Å². The van der Waals surface area contributed by atoms with Gasteiger partial charge in [-0.25, -0.2) is 0 Å². The molecular weight excluding hydrogens is 214 g/mol. The largest absolute Gasteiger partial charge is 0.481 e. The Morgan fingerprint density at radius 1 is 0.882 bits per heavy atom. The molecule has 0 rings (SSSR count). The molecule has 0 unspecified atom stereocenters. The monoisotopic (exact) mass is 245 g/mol. The lowest BCUT2D eigenvalue weighted by molar-refractivity contribution is -0.137. The fourth-order valence-electron chi connectivity index (χ4n) is 1.59. The number of aliphatic carboxylic acids is 1. The zero-order valence-corrected chi connectivity index (χ0v) is 11.7. The van der Waals surface area contributed by atoms with Gasteiger partial charge in [-0.15, -0.1) is 0 Å². The second-order valence-electron chi connectivity index (χ2n) is 4.38. The second kappa shape index (κ2) is 17.8. The number of hydrogen-bond donors (Lipinski definition) is 2. The third kappa shape index (κ3) is 25.6. The lowest BCUT2D eigenvalue weighted by atomic mass is 10.1. The Kier molecular flexibility index (Phi) is 19.7. The number of hydrogen-bond acceptors (Lipinski definition) is 2. The van der Waals surface area contributed by atoms with Crippen molar-refractivity contribution >= 4 is 5.97 Å². The fourth-order valence-corrected chi connectivity index (χ4v) is 1.59. The van der Waals surface area contributed by atoms with E-state index >= 15 is 0 Å². The highest BCUT2D eigenvalue weighted by Gasteiger charge is 1.96. The van der Waals surface area contributed by atoms with Crippen LogP contribution in [0.3, 0.4) is 0 Å². The van der Waals surface area contributed by atoms with E-state index in [1.807, 2.05) is 6.92 Å². The molecule has 104 valence electrons. The summed E-state index contributed by atoms with van der Waals surface area (Å²) in [5.74, 6) is -0.659. The van der Waals surface area contributed by atoms with Crippen LogP contribution >= 0.6 is 0 Å². The molecule has 0 spiro atoms. The van der Waals surface area contributed by atoms with Crippen LogP contribution in [0, 0.1) is 0 Å². The first kappa shape index (κ1) is 18.8. The second-order valence-corrected chi connectivity index (χ2v) is 4.38. The minimum absolute atomic E-state index is 0.343. The zero-order chi connectivity index (χ0) is 13.4. The minimum atomic E-state index is -0.659. The molecule has 0 amide bonds. The van der Waals surface area contributed by atoms with Crippen LogP contribution in [0.2, 0.25) is 0 Å². The molecule has 0 atom stereocenters. The van der Waals surface area contributed by atoms with Crippen molar-refractivity contribution in [1.29, 1.82) is 0 Å². The average molecular weight is 245 g/mol. The highest BCUT2D eigenvalue weighted by Crippen LogP contribution is 2.10. The maximum absolute atomic E-state index is 10.2. The standard InChI is InChI=1S/C12H24O2.C2H7N/c1-2-3-4-5-6-7-8-9-10-11-12(13)14;1-2-3/h2-11H2,1H3,(H,13,14);2-3H2,1H3. The third-order valence-corrected chi connectivity index (χ3v) is 2.49. The summed E-state index contributed by atoms with van der Waals surface area (Å²) in [5.41, 5.74) is 4.85. The summed E-state index contributed by atoms with van der Waals surface area (Å²) in [4.78, 5) is 10.2. The number of nitrogens with two attached hydrogens (primary N) is 1. The van der Waals surface area contributed by atoms with Crippen molar-refractivity contribution in [2.24, 2.45) is 5.73 Å². The summed E-state index contributed by atoms with van der Waals surface area (Å²) in [6, 6.07) is 0. The summed E-state index contributed by atoms with van der Waals surface area (Å²) in [5, 5.41) is 8.41. The van der Waals surface area contributed by atoms with E-state index in [0.29, 0.717) is 6.42 Å². The summed E-state index contributed by atoms with van der Waals surface area (Å²) < 4.78 is 0. The van der Waals surface area contributed by atoms with E-state index < -0.39 is 5.97 Å². The van der Waals surface area contributed by atoms with Gasteiger partial charge in [-0.1, -0.05) is 65.2 Å². The van der Waals surface area contributed by atoms with Gasteiger partial charge < -0.3 is 10.8 Å². The van der Waals surface area contributed by atoms with Crippen molar-refractivity contribution < 1.29 is 9.90 Å². The number of rotatable bonds is 10. The van der Waals surface area contributed by atoms with E-state index in [0.717, 1.165) is 19.4 Å². The molecule has 0 bridgehead atoms. The number of unbranched alkanes of at least 4 members (excludes halogenated alkanes) is 8. The Hall–Kier alpha value is -0.570. The summed E-state index contributed by atoms with van der Waals surface area (Å²) in [7, 11) is 0. The summed E-state index contributed by atoms with van der Waals surface area (Å²) in [6.07, 6.45) is 11.5. The Balaban J connectivity index is 0. The van der Waals surface area contributed by atoms with Gasteiger partial charge in [0.05, 0.1) is 0 Å². The first-order chi connectivity index (χ1) is 8.18. The third-order valence-electron chi connectivity index (χ3n) is 2.49. The van der Waals surface area contributed by atoms with Gasteiger partial charge in [0, 0.05) is 6.42 Å². The van der Waals surface area contributed by atoms with E-state index in [2.05, 4.69) is 6.92 Å². The molecule has 0 fully saturated rings. The van der Waals surface area contributed by atoms with Crippen molar-refractivity contribution in [2.45, 2.75) is 78.1 Å². The molecular formula is C14H31NO2. The minimum Gasteiger partial charge on any atom is -0.481 e. The molecule has 0 aliphatic rings. The molecule has 0 aliphatic heterocycles. The van der Waals surface area contributed by atoms with Crippen LogP contribution < -0.4 is 5.73 Å². The predicted octanol–water partition coefficient (Wildman–Crippen LogP) is 3.96. The molecule has 0 aromatic carbocycles. The van der Waals surface area contributed by atoms with Crippen molar-refractivity contribution in [3.63, 3.8) is 0 Å². The molecule has 0 aromatic heterocycles. The Bertz CT molecular complexity index is 149. The van der Waals surface area contributed by atoms with Gasteiger partial charge in [-0.3, -0.25) is 4.79 Å². The number of carboxylic acid groups (broad SMARTS) is 1. The highest BCUT2D eigenvalue weighted by molar-refractivity contribution is 5.66. The summed E-state index contributed by atoms with van der Waals surface area (Å²) in [6.45, 7) is 4.88. The van der Waals surface area contributed by atoms with Crippen LogP contribution in [0.1, 0.15) is 78.1 Å². The van der Waals surface area contributed by atoms with Crippen molar-refractivity contribution in [3.05, 3.63) is 0 Å². The van der Waals surface area contributed by atoms with E-state index in [1.54, 1.807) is 0 Å². The molecule has 0 saturated heterocycles. The SMILES string of the molecule is CCCCCCCCCCCC(=O)O.CCN. The maximum atomic E-state index is 10.2. The molecule has 3 nitrogen and oxygen atoms in total. The average Bonchev–Trinajstić information content (AvgIpc) is 2.27. The van der Waals surface area contributed by atoms with Crippen molar-refractivity contribution in [1.82, 2.24) is 0 Å². The van der Waals surface area contributed by atoms with Crippen molar-refractivity contribution in [2.75, 3.05) is 6.54 Å². The fraction of sp³-hybridized carbons (Fsp3) is 0.929. The van der Waals surface area contributed by atoms with Crippen LogP contribution in [-0.4, -0.2) is 17.6 Å². The van der Waals surface area contributed by atoms with Gasteiger partial charge in [0.2, 0.25) is 0 Å². The van der Waals surface area contributed by atoms with E-state index in [9.17, 15) is 4.79 Å². The zero-order valence-electron chi connectivity index (χ0n) is 11.7. The van der Waals surface area contributed by atoms with Crippen LogP contribution in [0.5, 0.6) is 0 Å². The molecule has 0 aliphatic carbocycles. The van der Waals surface area contributed by atoms with E-state index in [-0.39, 0.29) is 0 Å². The first-order valence-corrected chi connectivity index (χ1v) is 7.10. The molecule has 17 heavy (non-hydrogen) atoms. The maximum Gasteiger partial charge on any atom is 0.303 e. The van der Waals surface area contributed by atoms with Crippen molar-refractivity contribution in [3.8, 4) is 0 Å². The molecule has 0 aromatic rings.